The van der Waals surface area contributed by atoms with E-state index in [1.165, 1.54) is 0 Å². The number of carboxylic acid groups (broad SMARTS) is 1. The zero-order chi connectivity index (χ0) is 17.1. The van der Waals surface area contributed by atoms with Gasteiger partial charge in [-0.15, -0.1) is 0 Å². The highest BCUT2D eigenvalue weighted by Crippen LogP contribution is 2.30. The van der Waals surface area contributed by atoms with Gasteiger partial charge in [-0.1, -0.05) is 18.2 Å². The number of rotatable bonds is 4. The largest absolute Gasteiger partial charge is 0.478 e. The van der Waals surface area contributed by atoms with Gasteiger partial charge in [0.25, 0.3) is 5.91 Å². The van der Waals surface area contributed by atoms with E-state index in [9.17, 15) is 14.7 Å². The van der Waals surface area contributed by atoms with E-state index in [0.717, 1.165) is 24.9 Å². The first kappa shape index (κ1) is 16.2. The topological polar surface area (TPSA) is 75.4 Å². The Bertz CT molecular complexity index is 745. The third kappa shape index (κ3) is 3.18. The van der Waals surface area contributed by atoms with Gasteiger partial charge in [0.1, 0.15) is 5.69 Å². The average molecular weight is 327 g/mol. The van der Waals surface area contributed by atoms with Crippen LogP contribution >= 0.6 is 0 Å². The van der Waals surface area contributed by atoms with Crippen LogP contribution in [0.25, 0.3) is 0 Å². The van der Waals surface area contributed by atoms with E-state index < -0.39 is 5.97 Å². The molecule has 1 aromatic carbocycles. The maximum absolute atomic E-state index is 12.5. The van der Waals surface area contributed by atoms with Crippen molar-refractivity contribution in [2.45, 2.75) is 32.2 Å². The van der Waals surface area contributed by atoms with Gasteiger partial charge in [-0.25, -0.2) is 4.79 Å². The monoisotopic (exact) mass is 327 g/mol. The van der Waals surface area contributed by atoms with E-state index in [4.69, 9.17) is 0 Å². The average Bonchev–Trinajstić information content (AvgIpc) is 3.10. The van der Waals surface area contributed by atoms with Crippen LogP contribution in [0.15, 0.2) is 36.5 Å². The fraction of sp³-hybridized carbons (Fsp3) is 0.389. The Kier molecular flexibility index (Phi) is 4.64. The number of hydrogen-bond donors (Lipinski definition) is 1. The van der Waals surface area contributed by atoms with Crippen molar-refractivity contribution in [3.8, 4) is 0 Å². The maximum atomic E-state index is 12.5. The molecule has 24 heavy (non-hydrogen) atoms. The van der Waals surface area contributed by atoms with Crippen molar-refractivity contribution < 1.29 is 14.7 Å². The van der Waals surface area contributed by atoms with Crippen LogP contribution in [-0.4, -0.2) is 44.8 Å². The summed E-state index contributed by atoms with van der Waals surface area (Å²) in [5, 5.41) is 13.6. The number of aromatic carboxylic acids is 1. The van der Waals surface area contributed by atoms with Crippen LogP contribution in [0.3, 0.4) is 0 Å². The number of nitrogens with zero attached hydrogens (tertiary/aromatic N) is 3. The highest BCUT2D eigenvalue weighted by Gasteiger charge is 2.27. The van der Waals surface area contributed by atoms with Gasteiger partial charge < -0.3 is 10.0 Å². The number of carbonyl (C=O) groups is 2. The van der Waals surface area contributed by atoms with Crippen molar-refractivity contribution in [1.82, 2.24) is 14.7 Å². The van der Waals surface area contributed by atoms with Crippen molar-refractivity contribution in [2.24, 2.45) is 0 Å². The summed E-state index contributed by atoms with van der Waals surface area (Å²) in [6.07, 6.45) is 3.35. The van der Waals surface area contributed by atoms with E-state index in [2.05, 4.69) is 5.10 Å². The summed E-state index contributed by atoms with van der Waals surface area (Å²) in [6, 6.07) is 8.89. The van der Waals surface area contributed by atoms with E-state index in [0.29, 0.717) is 24.3 Å². The van der Waals surface area contributed by atoms with Gasteiger partial charge in [0.2, 0.25) is 0 Å². The van der Waals surface area contributed by atoms with Crippen LogP contribution in [0.5, 0.6) is 0 Å². The molecule has 0 aliphatic carbocycles. The quantitative estimate of drug-likeness (QED) is 0.936. The number of aromatic nitrogens is 2. The molecule has 1 N–H and O–H groups in total. The van der Waals surface area contributed by atoms with Crippen molar-refractivity contribution in [3.63, 3.8) is 0 Å². The van der Waals surface area contributed by atoms with Gasteiger partial charge >= 0.3 is 5.97 Å². The molecule has 0 atom stereocenters. The number of amides is 1. The van der Waals surface area contributed by atoms with Gasteiger partial charge in [0.05, 0.1) is 5.56 Å². The van der Waals surface area contributed by atoms with Crippen LogP contribution in [0.4, 0.5) is 0 Å². The van der Waals surface area contributed by atoms with Crippen molar-refractivity contribution in [3.05, 3.63) is 53.3 Å². The summed E-state index contributed by atoms with van der Waals surface area (Å²) < 4.78 is 1.74. The Morgan fingerprint density at radius 1 is 1.21 bits per heavy atom. The number of hydrogen-bond acceptors (Lipinski definition) is 3. The number of carboxylic acids is 1. The number of piperidine rings is 1. The molecule has 1 aromatic heterocycles. The molecule has 0 radical (unpaired) electrons. The van der Waals surface area contributed by atoms with E-state index in [1.807, 2.05) is 30.2 Å². The molecule has 3 rings (SSSR count). The van der Waals surface area contributed by atoms with Gasteiger partial charge in [0.15, 0.2) is 0 Å². The van der Waals surface area contributed by atoms with Crippen LogP contribution in [0, 0.1) is 0 Å². The Balaban J connectivity index is 1.68. The van der Waals surface area contributed by atoms with E-state index in [-0.39, 0.29) is 11.8 Å². The first-order valence-electron chi connectivity index (χ1n) is 8.25. The summed E-state index contributed by atoms with van der Waals surface area (Å²) in [5.74, 6) is -0.768. The zero-order valence-corrected chi connectivity index (χ0v) is 13.7. The molecule has 1 amide bonds. The number of likely N-dealkylation sites (tertiary alicyclic amines) is 1. The van der Waals surface area contributed by atoms with Crippen molar-refractivity contribution in [1.29, 1.82) is 0 Å². The molecular formula is C18H21N3O3. The molecule has 0 spiro atoms. The molecule has 2 heterocycles. The Morgan fingerprint density at radius 3 is 2.54 bits per heavy atom. The summed E-state index contributed by atoms with van der Waals surface area (Å²) in [5.41, 5.74) is 1.71. The van der Waals surface area contributed by atoms with Crippen molar-refractivity contribution >= 4 is 11.9 Å². The molecule has 0 unspecified atom stereocenters. The predicted octanol–water partition coefficient (Wildman–Crippen LogP) is 2.62. The van der Waals surface area contributed by atoms with Gasteiger partial charge in [-0.2, -0.15) is 5.10 Å². The molecule has 0 saturated carbocycles. The van der Waals surface area contributed by atoms with E-state index >= 15 is 0 Å². The molecule has 1 fully saturated rings. The summed E-state index contributed by atoms with van der Waals surface area (Å²) in [4.78, 5) is 25.7. The molecule has 1 saturated heterocycles. The molecule has 6 heteroatoms. The third-order valence-electron chi connectivity index (χ3n) is 4.60. The van der Waals surface area contributed by atoms with E-state index in [1.54, 1.807) is 22.9 Å². The SMILES string of the molecule is CCn1ccc(C(=O)N2CCC(c3ccccc3C(=O)O)CC2)n1. The molecule has 0 bridgehead atoms. The first-order valence-corrected chi connectivity index (χ1v) is 8.25. The van der Waals surface area contributed by atoms with Crippen LogP contribution in [0.2, 0.25) is 0 Å². The zero-order valence-electron chi connectivity index (χ0n) is 13.7. The summed E-state index contributed by atoms with van der Waals surface area (Å²) >= 11 is 0. The summed E-state index contributed by atoms with van der Waals surface area (Å²) in [6.45, 7) is 3.96. The lowest BCUT2D eigenvalue weighted by Gasteiger charge is -2.32. The molecular weight excluding hydrogens is 306 g/mol. The Hall–Kier alpha value is -2.63. The van der Waals surface area contributed by atoms with Crippen LogP contribution in [-0.2, 0) is 6.54 Å². The van der Waals surface area contributed by atoms with Crippen LogP contribution in [0.1, 0.15) is 52.1 Å². The number of carbonyl (C=O) groups excluding carboxylic acids is 1. The maximum Gasteiger partial charge on any atom is 0.335 e. The molecule has 1 aliphatic rings. The molecule has 126 valence electrons. The fourth-order valence-electron chi connectivity index (χ4n) is 3.26. The smallest absolute Gasteiger partial charge is 0.335 e. The standard InChI is InChI=1S/C18H21N3O3/c1-2-21-12-9-16(19-21)17(22)20-10-7-13(8-11-20)14-5-3-4-6-15(14)18(23)24/h3-6,9,12-13H,2,7-8,10-11H2,1H3,(H,23,24). The van der Waals surface area contributed by atoms with Gasteiger partial charge in [0, 0.05) is 25.8 Å². The molecule has 1 aliphatic heterocycles. The minimum atomic E-state index is -0.894. The number of benzene rings is 1. The highest BCUT2D eigenvalue weighted by molar-refractivity contribution is 5.92. The summed E-state index contributed by atoms with van der Waals surface area (Å²) in [7, 11) is 0. The lowest BCUT2D eigenvalue weighted by Crippen LogP contribution is -2.38. The Morgan fingerprint density at radius 2 is 1.92 bits per heavy atom. The fourth-order valence-corrected chi connectivity index (χ4v) is 3.26. The van der Waals surface area contributed by atoms with Gasteiger partial charge in [-0.3, -0.25) is 9.48 Å². The minimum absolute atomic E-state index is 0.0489. The third-order valence-corrected chi connectivity index (χ3v) is 4.60. The second kappa shape index (κ2) is 6.86. The first-order chi connectivity index (χ1) is 11.6. The molecule has 2 aromatic rings. The van der Waals surface area contributed by atoms with Crippen LogP contribution < -0.4 is 0 Å². The minimum Gasteiger partial charge on any atom is -0.478 e. The second-order valence-electron chi connectivity index (χ2n) is 6.02. The Labute approximate surface area is 140 Å². The number of aryl methyl sites for hydroxylation is 1. The molecule has 6 nitrogen and oxygen atoms in total. The lowest BCUT2D eigenvalue weighted by molar-refractivity contribution is 0.0678. The highest BCUT2D eigenvalue weighted by atomic mass is 16.4. The lowest BCUT2D eigenvalue weighted by atomic mass is 9.86. The normalized spacial score (nSPS) is 15.5. The second-order valence-corrected chi connectivity index (χ2v) is 6.02. The van der Waals surface area contributed by atoms with Crippen molar-refractivity contribution in [2.75, 3.05) is 13.1 Å². The van der Waals surface area contributed by atoms with Gasteiger partial charge in [-0.05, 0) is 43.4 Å². The predicted molar refractivity (Wildman–Crippen MR) is 89.2 cm³/mol.